The van der Waals surface area contributed by atoms with Crippen LogP contribution >= 0.6 is 0 Å². The molecule has 0 aromatic heterocycles. The molecule has 0 radical (unpaired) electrons. The molecule has 126 valence electrons. The predicted octanol–water partition coefficient (Wildman–Crippen LogP) is 3.54. The number of nitrogens with zero attached hydrogens (tertiary/aromatic N) is 1. The molecule has 1 rings (SSSR count). The zero-order valence-electron chi connectivity index (χ0n) is 15.5. The Morgan fingerprint density at radius 2 is 1.90 bits per heavy atom. The van der Waals surface area contributed by atoms with Crippen LogP contribution < -0.4 is 5.32 Å². The average Bonchev–Trinajstić information content (AvgIpc) is 2.34. The van der Waals surface area contributed by atoms with Crippen LogP contribution in [0.15, 0.2) is 0 Å². The summed E-state index contributed by atoms with van der Waals surface area (Å²) in [5.74, 6) is 0.721. The molecule has 1 N–H and O–H groups in total. The summed E-state index contributed by atoms with van der Waals surface area (Å²) in [6.45, 7) is 21.4. The number of nitrogens with one attached hydrogen (secondary N) is 1. The highest BCUT2D eigenvalue weighted by atomic mass is 16.5. The SMILES string of the molecule is CCC(CC)(CNCC(C)C)CN1CC(C)OC(C)(C)C1. The number of hydrogen-bond donors (Lipinski definition) is 1. The van der Waals surface area contributed by atoms with Crippen molar-refractivity contribution in [1.29, 1.82) is 0 Å². The van der Waals surface area contributed by atoms with Gasteiger partial charge in [0.1, 0.15) is 0 Å². The minimum atomic E-state index is -0.0176. The minimum Gasteiger partial charge on any atom is -0.370 e. The summed E-state index contributed by atoms with van der Waals surface area (Å²) in [5, 5.41) is 3.69. The molecule has 1 fully saturated rings. The summed E-state index contributed by atoms with van der Waals surface area (Å²) in [6, 6.07) is 0. The van der Waals surface area contributed by atoms with E-state index in [1.165, 1.54) is 19.4 Å². The van der Waals surface area contributed by atoms with Gasteiger partial charge in [-0.1, -0.05) is 27.7 Å². The number of morpholine rings is 1. The first-order valence-electron chi connectivity index (χ1n) is 8.83. The van der Waals surface area contributed by atoms with Crippen molar-refractivity contribution in [3.8, 4) is 0 Å². The van der Waals surface area contributed by atoms with Crippen LogP contribution in [-0.4, -0.2) is 49.3 Å². The van der Waals surface area contributed by atoms with E-state index in [-0.39, 0.29) is 5.60 Å². The van der Waals surface area contributed by atoms with Crippen molar-refractivity contribution in [1.82, 2.24) is 10.2 Å². The van der Waals surface area contributed by atoms with Gasteiger partial charge in [0.15, 0.2) is 0 Å². The van der Waals surface area contributed by atoms with Crippen molar-refractivity contribution in [2.45, 2.75) is 73.0 Å². The van der Waals surface area contributed by atoms with Crippen LogP contribution in [0.25, 0.3) is 0 Å². The van der Waals surface area contributed by atoms with Crippen LogP contribution in [0, 0.1) is 11.3 Å². The first kappa shape index (κ1) is 18.9. The third-order valence-electron chi connectivity index (χ3n) is 4.75. The van der Waals surface area contributed by atoms with Crippen LogP contribution in [0.3, 0.4) is 0 Å². The Hall–Kier alpha value is -0.120. The lowest BCUT2D eigenvalue weighted by atomic mass is 9.81. The second kappa shape index (κ2) is 7.94. The molecule has 0 aromatic rings. The second-order valence-corrected chi connectivity index (χ2v) is 8.09. The fourth-order valence-corrected chi connectivity index (χ4v) is 3.59. The van der Waals surface area contributed by atoms with Crippen molar-refractivity contribution in [3.63, 3.8) is 0 Å². The first-order chi connectivity index (χ1) is 9.72. The van der Waals surface area contributed by atoms with Gasteiger partial charge in [-0.15, -0.1) is 0 Å². The first-order valence-corrected chi connectivity index (χ1v) is 8.83. The van der Waals surface area contributed by atoms with E-state index in [1.54, 1.807) is 0 Å². The summed E-state index contributed by atoms with van der Waals surface area (Å²) in [6.07, 6.45) is 2.81. The van der Waals surface area contributed by atoms with Gasteiger partial charge in [0.25, 0.3) is 0 Å². The third-order valence-corrected chi connectivity index (χ3v) is 4.75. The van der Waals surface area contributed by atoms with Gasteiger partial charge in [-0.3, -0.25) is 4.90 Å². The molecule has 1 unspecified atom stereocenters. The molecule has 3 nitrogen and oxygen atoms in total. The van der Waals surface area contributed by atoms with Gasteiger partial charge in [0.2, 0.25) is 0 Å². The Labute approximate surface area is 132 Å². The molecule has 0 aromatic carbocycles. The zero-order chi connectivity index (χ0) is 16.1. The lowest BCUT2D eigenvalue weighted by Crippen LogP contribution is -2.55. The molecule has 1 aliphatic heterocycles. The normalized spacial score (nSPS) is 23.7. The third kappa shape index (κ3) is 6.25. The van der Waals surface area contributed by atoms with Crippen molar-refractivity contribution in [3.05, 3.63) is 0 Å². The maximum absolute atomic E-state index is 6.04. The second-order valence-electron chi connectivity index (χ2n) is 8.09. The molecule has 0 bridgehead atoms. The van der Waals surface area contributed by atoms with E-state index >= 15 is 0 Å². The summed E-state index contributed by atoms with van der Waals surface area (Å²) in [5.41, 5.74) is 0.373. The molecule has 3 heteroatoms. The quantitative estimate of drug-likeness (QED) is 0.742. The van der Waals surface area contributed by atoms with Gasteiger partial charge >= 0.3 is 0 Å². The molecular weight excluding hydrogens is 260 g/mol. The lowest BCUT2D eigenvalue weighted by Gasteiger charge is -2.46. The Bertz CT molecular complexity index is 298. The van der Waals surface area contributed by atoms with E-state index in [2.05, 4.69) is 58.7 Å². The fourth-order valence-electron chi connectivity index (χ4n) is 3.59. The molecule has 0 amide bonds. The lowest BCUT2D eigenvalue weighted by molar-refractivity contribution is -0.135. The highest BCUT2D eigenvalue weighted by molar-refractivity contribution is 4.89. The molecule has 0 spiro atoms. The van der Waals surface area contributed by atoms with E-state index in [1.807, 2.05) is 0 Å². The molecule has 21 heavy (non-hydrogen) atoms. The molecule has 0 saturated carbocycles. The van der Waals surface area contributed by atoms with Gasteiger partial charge in [0.05, 0.1) is 11.7 Å². The smallest absolute Gasteiger partial charge is 0.0757 e. The molecule has 0 aliphatic carbocycles. The zero-order valence-corrected chi connectivity index (χ0v) is 15.5. The van der Waals surface area contributed by atoms with E-state index in [4.69, 9.17) is 4.74 Å². The Morgan fingerprint density at radius 3 is 2.38 bits per heavy atom. The van der Waals surface area contributed by atoms with E-state index in [9.17, 15) is 0 Å². The van der Waals surface area contributed by atoms with Crippen LogP contribution in [-0.2, 0) is 4.74 Å². The standard InChI is InChI=1S/C18H38N2O/c1-8-18(9-2,12-19-10-15(3)4)14-20-11-16(5)21-17(6,7)13-20/h15-16,19H,8-14H2,1-7H3. The fraction of sp³-hybridized carbons (Fsp3) is 1.00. The molecule has 1 heterocycles. The Morgan fingerprint density at radius 1 is 1.29 bits per heavy atom. The number of hydrogen-bond acceptors (Lipinski definition) is 3. The van der Waals surface area contributed by atoms with Crippen LogP contribution in [0.2, 0.25) is 0 Å². The largest absolute Gasteiger partial charge is 0.370 e. The van der Waals surface area contributed by atoms with Gasteiger partial charge < -0.3 is 10.1 Å². The van der Waals surface area contributed by atoms with Crippen molar-refractivity contribution in [2.24, 2.45) is 11.3 Å². The minimum absolute atomic E-state index is 0.0176. The molecule has 1 atom stereocenters. The van der Waals surface area contributed by atoms with Crippen molar-refractivity contribution < 1.29 is 4.74 Å². The summed E-state index contributed by atoms with van der Waals surface area (Å²) in [4.78, 5) is 2.62. The van der Waals surface area contributed by atoms with Crippen LogP contribution in [0.1, 0.15) is 61.3 Å². The number of rotatable bonds is 8. The average molecular weight is 299 g/mol. The number of ether oxygens (including phenoxy) is 1. The molecule has 1 saturated heterocycles. The van der Waals surface area contributed by atoms with E-state index in [0.717, 1.165) is 32.1 Å². The van der Waals surface area contributed by atoms with Crippen LogP contribution in [0.5, 0.6) is 0 Å². The topological polar surface area (TPSA) is 24.5 Å². The summed E-state index contributed by atoms with van der Waals surface area (Å²) >= 11 is 0. The van der Waals surface area contributed by atoms with E-state index < -0.39 is 0 Å². The van der Waals surface area contributed by atoms with Crippen molar-refractivity contribution >= 4 is 0 Å². The van der Waals surface area contributed by atoms with Crippen molar-refractivity contribution in [2.75, 3.05) is 32.7 Å². The Kier molecular flexibility index (Phi) is 7.15. The monoisotopic (exact) mass is 298 g/mol. The maximum atomic E-state index is 6.04. The predicted molar refractivity (Wildman–Crippen MR) is 91.8 cm³/mol. The van der Waals surface area contributed by atoms with Crippen LogP contribution in [0.4, 0.5) is 0 Å². The Balaban J connectivity index is 2.63. The highest BCUT2D eigenvalue weighted by Gasteiger charge is 2.36. The van der Waals surface area contributed by atoms with Gasteiger partial charge in [-0.05, 0) is 51.5 Å². The van der Waals surface area contributed by atoms with Gasteiger partial charge in [-0.2, -0.15) is 0 Å². The summed E-state index contributed by atoms with van der Waals surface area (Å²) in [7, 11) is 0. The maximum Gasteiger partial charge on any atom is 0.0757 e. The van der Waals surface area contributed by atoms with E-state index in [0.29, 0.717) is 11.5 Å². The molecule has 1 aliphatic rings. The van der Waals surface area contributed by atoms with Gasteiger partial charge in [-0.25, -0.2) is 0 Å². The highest BCUT2D eigenvalue weighted by Crippen LogP contribution is 2.30. The molecular formula is C18H38N2O. The van der Waals surface area contributed by atoms with Gasteiger partial charge in [0, 0.05) is 26.2 Å². The summed E-state index contributed by atoms with van der Waals surface area (Å²) < 4.78 is 6.04.